The third-order valence-electron chi connectivity index (χ3n) is 4.96. The summed E-state index contributed by atoms with van der Waals surface area (Å²) in [7, 11) is 1.65. The summed E-state index contributed by atoms with van der Waals surface area (Å²) < 4.78 is 11.0. The van der Waals surface area contributed by atoms with Crippen molar-refractivity contribution in [2.75, 3.05) is 42.8 Å². The number of hydrogen-bond acceptors (Lipinski definition) is 9. The van der Waals surface area contributed by atoms with Crippen molar-refractivity contribution in [3.8, 4) is 5.75 Å². The molecule has 11 heteroatoms. The maximum atomic E-state index is 12.0. The minimum atomic E-state index is 0.0892. The average Bonchev–Trinajstić information content (AvgIpc) is 3.60. The van der Waals surface area contributed by atoms with E-state index in [1.807, 2.05) is 44.2 Å². The van der Waals surface area contributed by atoms with E-state index >= 15 is 0 Å². The Bertz CT molecular complexity index is 1120. The first-order chi connectivity index (χ1) is 16.6. The van der Waals surface area contributed by atoms with Crippen LogP contribution in [0.15, 0.2) is 40.4 Å². The van der Waals surface area contributed by atoms with Crippen molar-refractivity contribution >= 4 is 40.8 Å². The molecule has 0 saturated heterocycles. The van der Waals surface area contributed by atoms with Gasteiger partial charge in [0, 0.05) is 41.9 Å². The quantitative estimate of drug-likeness (QED) is 0.221. The average molecular weight is 484 g/mol. The van der Waals surface area contributed by atoms with Gasteiger partial charge in [-0.15, -0.1) is 0 Å². The molecule has 0 aliphatic heterocycles. The maximum Gasteiger partial charge on any atom is 0.227 e. The van der Waals surface area contributed by atoms with Gasteiger partial charge in [0.05, 0.1) is 13.2 Å². The fourth-order valence-corrected chi connectivity index (χ4v) is 3.89. The minimum absolute atomic E-state index is 0.0892. The molecule has 1 aromatic carbocycles. The number of amides is 1. The number of anilines is 4. The highest BCUT2D eigenvalue weighted by atomic mass is 32.2. The maximum absolute atomic E-state index is 12.0. The second-order valence-corrected chi connectivity index (χ2v) is 8.88. The van der Waals surface area contributed by atoms with Gasteiger partial charge in [-0.1, -0.05) is 0 Å². The first-order valence-corrected chi connectivity index (χ1v) is 12.0. The van der Waals surface area contributed by atoms with Crippen LogP contribution < -0.4 is 20.7 Å². The minimum Gasteiger partial charge on any atom is -0.487 e. The third kappa shape index (κ3) is 6.39. The summed E-state index contributed by atoms with van der Waals surface area (Å²) in [5, 5.41) is 17.2. The standard InChI is InChI=1S/C23H29N7O3S/c1-4-33-19-20(24-11-12-32-3)27-23(28-21(19)26-18-13-14(2)29-30-18)34-17-9-7-16(8-10-17)25-22(31)15-5-6-15/h7-10,13,15H,4-6,11-12H2,1-3H3,(H,25,31)(H3,24,26,27,28,29,30). The second-order valence-electron chi connectivity index (χ2n) is 7.84. The molecule has 1 saturated carbocycles. The third-order valence-corrected chi connectivity index (χ3v) is 5.84. The van der Waals surface area contributed by atoms with Crippen LogP contribution in [-0.2, 0) is 9.53 Å². The van der Waals surface area contributed by atoms with Gasteiger partial charge in [0.2, 0.25) is 11.7 Å². The van der Waals surface area contributed by atoms with Crippen LogP contribution in [-0.4, -0.2) is 52.9 Å². The molecule has 3 aromatic rings. The summed E-state index contributed by atoms with van der Waals surface area (Å²) in [5.41, 5.74) is 1.71. The number of methoxy groups -OCH3 is 1. The summed E-state index contributed by atoms with van der Waals surface area (Å²) in [6, 6.07) is 9.54. The Morgan fingerprint density at radius 1 is 1.21 bits per heavy atom. The molecule has 2 heterocycles. The largest absolute Gasteiger partial charge is 0.487 e. The first-order valence-electron chi connectivity index (χ1n) is 11.2. The van der Waals surface area contributed by atoms with E-state index in [4.69, 9.17) is 19.4 Å². The normalized spacial score (nSPS) is 12.9. The number of aryl methyl sites for hydroxylation is 1. The van der Waals surface area contributed by atoms with E-state index in [0.29, 0.717) is 48.1 Å². The zero-order valence-corrected chi connectivity index (χ0v) is 20.3. The van der Waals surface area contributed by atoms with Gasteiger partial charge in [-0.25, -0.2) is 9.97 Å². The number of H-pyrrole nitrogens is 1. The number of nitrogens with zero attached hydrogens (tertiary/aromatic N) is 3. The number of hydrogen-bond donors (Lipinski definition) is 4. The zero-order chi connectivity index (χ0) is 23.9. The molecule has 0 spiro atoms. The van der Waals surface area contributed by atoms with Crippen LogP contribution in [0, 0.1) is 12.8 Å². The molecule has 1 aliphatic rings. The summed E-state index contributed by atoms with van der Waals surface area (Å²) >= 11 is 1.41. The Kier molecular flexibility index (Phi) is 7.86. The van der Waals surface area contributed by atoms with Crippen LogP contribution in [0.3, 0.4) is 0 Å². The molecule has 4 N–H and O–H groups in total. The van der Waals surface area contributed by atoms with Gasteiger partial charge < -0.3 is 25.4 Å². The Balaban J connectivity index is 1.57. The van der Waals surface area contributed by atoms with E-state index in [-0.39, 0.29) is 11.8 Å². The lowest BCUT2D eigenvalue weighted by Crippen LogP contribution is -2.13. The topological polar surface area (TPSA) is 126 Å². The Morgan fingerprint density at radius 3 is 2.62 bits per heavy atom. The number of nitrogens with one attached hydrogen (secondary N) is 4. The van der Waals surface area contributed by atoms with Gasteiger partial charge in [-0.2, -0.15) is 5.10 Å². The predicted octanol–water partition coefficient (Wildman–Crippen LogP) is 4.21. The SMILES string of the molecule is CCOc1c(NCCOC)nc(Sc2ccc(NC(=O)C3CC3)cc2)nc1Nc1cc(C)[nH]n1. The second kappa shape index (κ2) is 11.2. The number of aromatic nitrogens is 4. The number of carbonyl (C=O) groups is 1. The van der Waals surface area contributed by atoms with E-state index in [1.54, 1.807) is 7.11 Å². The lowest BCUT2D eigenvalue weighted by Gasteiger charge is -2.16. The molecule has 0 bridgehead atoms. The first kappa shape index (κ1) is 23.8. The van der Waals surface area contributed by atoms with Crippen molar-refractivity contribution in [2.45, 2.75) is 36.7 Å². The summed E-state index contributed by atoms with van der Waals surface area (Å²) in [4.78, 5) is 22.3. The van der Waals surface area contributed by atoms with Gasteiger partial charge >= 0.3 is 0 Å². The smallest absolute Gasteiger partial charge is 0.227 e. The van der Waals surface area contributed by atoms with E-state index < -0.39 is 0 Å². The molecule has 0 radical (unpaired) electrons. The molecule has 1 amide bonds. The molecule has 34 heavy (non-hydrogen) atoms. The molecule has 0 atom stereocenters. The fourth-order valence-electron chi connectivity index (χ4n) is 3.14. The summed E-state index contributed by atoms with van der Waals surface area (Å²) in [6.07, 6.45) is 1.95. The van der Waals surface area contributed by atoms with Crippen LogP contribution in [0.5, 0.6) is 5.75 Å². The van der Waals surface area contributed by atoms with E-state index in [2.05, 4.69) is 26.1 Å². The number of benzene rings is 1. The van der Waals surface area contributed by atoms with E-state index in [0.717, 1.165) is 29.1 Å². The Hall–Kier alpha value is -3.31. The van der Waals surface area contributed by atoms with Gasteiger partial charge in [0.25, 0.3) is 0 Å². The van der Waals surface area contributed by atoms with Crippen molar-refractivity contribution in [1.82, 2.24) is 20.2 Å². The highest BCUT2D eigenvalue weighted by molar-refractivity contribution is 7.99. The van der Waals surface area contributed by atoms with Crippen molar-refractivity contribution in [3.63, 3.8) is 0 Å². The summed E-state index contributed by atoms with van der Waals surface area (Å²) in [6.45, 7) is 5.38. The van der Waals surface area contributed by atoms with Gasteiger partial charge in [0.1, 0.15) is 0 Å². The Morgan fingerprint density at radius 2 is 1.97 bits per heavy atom. The Labute approximate surface area is 202 Å². The molecular formula is C23H29N7O3S. The highest BCUT2D eigenvalue weighted by Gasteiger charge is 2.29. The number of aromatic amines is 1. The molecule has 4 rings (SSSR count). The molecule has 10 nitrogen and oxygen atoms in total. The number of carbonyl (C=O) groups excluding carboxylic acids is 1. The van der Waals surface area contributed by atoms with Crippen molar-refractivity contribution in [1.29, 1.82) is 0 Å². The molecular weight excluding hydrogens is 454 g/mol. The lowest BCUT2D eigenvalue weighted by molar-refractivity contribution is -0.117. The van der Waals surface area contributed by atoms with Crippen LogP contribution in [0.25, 0.3) is 0 Å². The van der Waals surface area contributed by atoms with E-state index in [1.165, 1.54) is 11.8 Å². The number of ether oxygens (including phenoxy) is 2. The predicted molar refractivity (Wildman–Crippen MR) is 132 cm³/mol. The molecule has 2 aromatic heterocycles. The van der Waals surface area contributed by atoms with Crippen molar-refractivity contribution in [2.24, 2.45) is 5.92 Å². The zero-order valence-electron chi connectivity index (χ0n) is 19.5. The van der Waals surface area contributed by atoms with Crippen LogP contribution in [0.2, 0.25) is 0 Å². The van der Waals surface area contributed by atoms with Crippen molar-refractivity contribution in [3.05, 3.63) is 36.0 Å². The lowest BCUT2D eigenvalue weighted by atomic mass is 10.3. The monoisotopic (exact) mass is 483 g/mol. The molecule has 0 unspecified atom stereocenters. The fraction of sp³-hybridized carbons (Fsp3) is 0.391. The molecule has 1 aliphatic carbocycles. The van der Waals surface area contributed by atoms with Gasteiger partial charge in [-0.3, -0.25) is 9.89 Å². The van der Waals surface area contributed by atoms with Crippen LogP contribution in [0.4, 0.5) is 23.1 Å². The molecule has 1 fully saturated rings. The number of rotatable bonds is 12. The van der Waals surface area contributed by atoms with E-state index in [9.17, 15) is 4.79 Å². The van der Waals surface area contributed by atoms with Gasteiger partial charge in [-0.05, 0) is 62.7 Å². The van der Waals surface area contributed by atoms with Crippen LogP contribution >= 0.6 is 11.8 Å². The highest BCUT2D eigenvalue weighted by Crippen LogP contribution is 2.37. The molecule has 180 valence electrons. The van der Waals surface area contributed by atoms with Crippen molar-refractivity contribution < 1.29 is 14.3 Å². The summed E-state index contributed by atoms with van der Waals surface area (Å²) in [5.74, 6) is 2.48. The van der Waals surface area contributed by atoms with Gasteiger partial charge in [0.15, 0.2) is 22.6 Å². The van der Waals surface area contributed by atoms with Crippen LogP contribution in [0.1, 0.15) is 25.5 Å².